The normalized spacial score (nSPS) is 12.5. The van der Waals surface area contributed by atoms with E-state index in [1.54, 1.807) is 6.07 Å². The van der Waals surface area contributed by atoms with Gasteiger partial charge in [-0.15, -0.1) is 22.7 Å². The second kappa shape index (κ2) is 5.47. The lowest BCUT2D eigenvalue weighted by Crippen LogP contribution is -2.41. The van der Waals surface area contributed by atoms with Crippen molar-refractivity contribution >= 4 is 43.9 Å². The molecule has 0 aromatic carbocycles. The minimum absolute atomic E-state index is 0.000809. The lowest BCUT2D eigenvalue weighted by atomic mass is 10.2. The molecule has 1 amide bonds. The molecule has 0 aliphatic carbocycles. The first-order valence-corrected chi connectivity index (χ1v) is 6.93. The molecule has 18 heavy (non-hydrogen) atoms. The first-order chi connectivity index (χ1) is 8.61. The molecule has 7 heteroatoms. The number of nitrogens with one attached hydrogen (secondary N) is 1. The minimum Gasteiger partial charge on any atom is -0.480 e. The Kier molecular flexibility index (Phi) is 3.95. The molecule has 2 rings (SSSR count). The van der Waals surface area contributed by atoms with Crippen molar-refractivity contribution in [2.24, 2.45) is 0 Å². The predicted molar refractivity (Wildman–Crippen MR) is 70.3 cm³/mol. The van der Waals surface area contributed by atoms with Crippen LogP contribution >= 0.6 is 22.7 Å². The van der Waals surface area contributed by atoms with Crippen molar-refractivity contribution in [1.29, 1.82) is 0 Å². The van der Waals surface area contributed by atoms with Gasteiger partial charge in [0.1, 0.15) is 6.04 Å². The Morgan fingerprint density at radius 1 is 1.39 bits per heavy atom. The smallest absolute Gasteiger partial charge is 0.326 e. The van der Waals surface area contributed by atoms with Gasteiger partial charge in [0.05, 0.1) is 4.88 Å². The molecule has 2 heterocycles. The fourth-order valence-electron chi connectivity index (χ4n) is 1.49. The number of aliphatic carboxylic acids is 1. The summed E-state index contributed by atoms with van der Waals surface area (Å²) < 4.78 is 2.03. The van der Waals surface area contributed by atoms with E-state index in [2.05, 4.69) is 5.32 Å². The molecule has 1 atom stereocenters. The van der Waals surface area contributed by atoms with E-state index in [1.807, 2.05) is 11.4 Å². The molecule has 0 fully saturated rings. The number of carboxylic acid groups (broad SMARTS) is 1. The van der Waals surface area contributed by atoms with Crippen LogP contribution in [0.15, 0.2) is 17.5 Å². The Labute approximate surface area is 111 Å². The van der Waals surface area contributed by atoms with Crippen LogP contribution in [-0.2, 0) is 4.79 Å². The van der Waals surface area contributed by atoms with Gasteiger partial charge in [-0.25, -0.2) is 4.79 Å². The molecule has 1 unspecified atom stereocenters. The number of fused-ring (bicyclic) bond motifs is 1. The molecule has 0 spiro atoms. The summed E-state index contributed by atoms with van der Waals surface area (Å²) in [7, 11) is 0. The van der Waals surface area contributed by atoms with E-state index >= 15 is 0 Å². The van der Waals surface area contributed by atoms with Gasteiger partial charge in [0.2, 0.25) is 0 Å². The third kappa shape index (κ3) is 2.69. The lowest BCUT2D eigenvalue weighted by molar-refractivity contribution is -0.139. The minimum atomic E-state index is -1.14. The van der Waals surface area contributed by atoms with E-state index in [4.69, 9.17) is 10.2 Å². The van der Waals surface area contributed by atoms with Gasteiger partial charge < -0.3 is 15.5 Å². The number of thiophene rings is 2. The zero-order valence-electron chi connectivity index (χ0n) is 9.25. The summed E-state index contributed by atoms with van der Waals surface area (Å²) in [6, 6.07) is 2.62. The molecule has 0 aliphatic heterocycles. The van der Waals surface area contributed by atoms with E-state index < -0.39 is 17.9 Å². The largest absolute Gasteiger partial charge is 0.480 e. The monoisotopic (exact) mass is 285 g/mol. The van der Waals surface area contributed by atoms with Crippen molar-refractivity contribution in [3.05, 3.63) is 22.4 Å². The van der Waals surface area contributed by atoms with E-state index in [0.717, 1.165) is 9.40 Å². The summed E-state index contributed by atoms with van der Waals surface area (Å²) in [4.78, 5) is 23.2. The van der Waals surface area contributed by atoms with Crippen molar-refractivity contribution in [1.82, 2.24) is 5.32 Å². The first-order valence-electron chi connectivity index (χ1n) is 5.23. The number of carbonyl (C=O) groups is 2. The second-order valence-electron chi connectivity index (χ2n) is 3.64. The van der Waals surface area contributed by atoms with Gasteiger partial charge in [0.15, 0.2) is 0 Å². The van der Waals surface area contributed by atoms with Gasteiger partial charge in [0.25, 0.3) is 5.91 Å². The molecular formula is C11H11NO4S2. The van der Waals surface area contributed by atoms with Crippen LogP contribution in [0.25, 0.3) is 9.40 Å². The average Bonchev–Trinajstić information content (AvgIpc) is 2.87. The number of amides is 1. The van der Waals surface area contributed by atoms with Crippen LogP contribution in [0.1, 0.15) is 16.1 Å². The molecule has 0 radical (unpaired) electrons. The van der Waals surface area contributed by atoms with Crippen molar-refractivity contribution in [3.8, 4) is 0 Å². The Balaban J connectivity index is 2.11. The van der Waals surface area contributed by atoms with Gasteiger partial charge in [0, 0.05) is 22.4 Å². The summed E-state index contributed by atoms with van der Waals surface area (Å²) in [6.07, 6.45) is 0.000809. The van der Waals surface area contributed by atoms with Gasteiger partial charge in [-0.05, 0) is 17.5 Å². The van der Waals surface area contributed by atoms with Crippen molar-refractivity contribution in [2.75, 3.05) is 6.61 Å². The SMILES string of the molecule is O=C(NC(CCO)C(=O)O)c1cc2sccc2s1. The highest BCUT2D eigenvalue weighted by Gasteiger charge is 2.21. The van der Waals surface area contributed by atoms with Gasteiger partial charge >= 0.3 is 5.97 Å². The summed E-state index contributed by atoms with van der Waals surface area (Å²) in [5.74, 6) is -1.56. The maximum absolute atomic E-state index is 11.9. The van der Waals surface area contributed by atoms with Crippen LogP contribution in [0.4, 0.5) is 0 Å². The first kappa shape index (κ1) is 13.0. The van der Waals surface area contributed by atoms with Gasteiger partial charge in [-0.3, -0.25) is 4.79 Å². The molecule has 5 nitrogen and oxygen atoms in total. The molecule has 96 valence electrons. The molecule has 0 aliphatic rings. The number of carbonyl (C=O) groups excluding carboxylic acids is 1. The number of aliphatic hydroxyl groups excluding tert-OH is 1. The fraction of sp³-hybridized carbons (Fsp3) is 0.273. The van der Waals surface area contributed by atoms with Gasteiger partial charge in [-0.2, -0.15) is 0 Å². The van der Waals surface area contributed by atoms with Crippen molar-refractivity contribution in [2.45, 2.75) is 12.5 Å². The fourth-order valence-corrected chi connectivity index (χ4v) is 3.51. The van der Waals surface area contributed by atoms with Crippen LogP contribution < -0.4 is 5.32 Å². The Hall–Kier alpha value is -1.44. The standard InChI is InChI=1S/C11H11NO4S2/c13-3-1-6(11(15)16)12-10(14)9-5-8-7(18-9)2-4-17-8/h2,4-6,13H,1,3H2,(H,12,14)(H,15,16). The maximum atomic E-state index is 11.9. The van der Waals surface area contributed by atoms with E-state index in [0.29, 0.717) is 4.88 Å². The van der Waals surface area contributed by atoms with Crippen molar-refractivity contribution in [3.63, 3.8) is 0 Å². The molecule has 2 aromatic heterocycles. The Morgan fingerprint density at radius 3 is 2.78 bits per heavy atom. The molecule has 0 saturated carbocycles. The molecule has 0 bridgehead atoms. The molecule has 3 N–H and O–H groups in total. The summed E-state index contributed by atoms with van der Waals surface area (Å²) in [5, 5.41) is 22.0. The number of hydrogen-bond acceptors (Lipinski definition) is 5. The van der Waals surface area contributed by atoms with Crippen LogP contribution in [0.5, 0.6) is 0 Å². The molecule has 0 saturated heterocycles. The number of carboxylic acids is 1. The summed E-state index contributed by atoms with van der Waals surface area (Å²) in [6.45, 7) is -0.281. The van der Waals surface area contributed by atoms with Crippen LogP contribution in [-0.4, -0.2) is 34.7 Å². The zero-order chi connectivity index (χ0) is 13.1. The third-order valence-corrected chi connectivity index (χ3v) is 4.48. The van der Waals surface area contributed by atoms with E-state index in [9.17, 15) is 9.59 Å². The quantitative estimate of drug-likeness (QED) is 0.777. The predicted octanol–water partition coefficient (Wildman–Crippen LogP) is 1.53. The second-order valence-corrected chi connectivity index (χ2v) is 5.67. The lowest BCUT2D eigenvalue weighted by Gasteiger charge is -2.11. The number of hydrogen-bond donors (Lipinski definition) is 3. The van der Waals surface area contributed by atoms with Gasteiger partial charge in [-0.1, -0.05) is 0 Å². The van der Waals surface area contributed by atoms with E-state index in [1.165, 1.54) is 22.7 Å². The van der Waals surface area contributed by atoms with Crippen LogP contribution in [0.2, 0.25) is 0 Å². The average molecular weight is 285 g/mol. The third-order valence-electron chi connectivity index (χ3n) is 2.38. The van der Waals surface area contributed by atoms with Crippen LogP contribution in [0, 0.1) is 0 Å². The Bertz CT molecular complexity index is 546. The highest BCUT2D eigenvalue weighted by atomic mass is 32.1. The highest BCUT2D eigenvalue weighted by Crippen LogP contribution is 2.29. The van der Waals surface area contributed by atoms with Crippen molar-refractivity contribution < 1.29 is 19.8 Å². The number of rotatable bonds is 5. The molecular weight excluding hydrogens is 274 g/mol. The zero-order valence-corrected chi connectivity index (χ0v) is 10.9. The molecule has 2 aromatic rings. The van der Waals surface area contributed by atoms with Crippen LogP contribution in [0.3, 0.4) is 0 Å². The van der Waals surface area contributed by atoms with E-state index in [-0.39, 0.29) is 13.0 Å². The summed E-state index contributed by atoms with van der Waals surface area (Å²) in [5.41, 5.74) is 0. The maximum Gasteiger partial charge on any atom is 0.326 e. The highest BCUT2D eigenvalue weighted by molar-refractivity contribution is 7.27. The number of aliphatic hydroxyl groups is 1. The summed E-state index contributed by atoms with van der Waals surface area (Å²) >= 11 is 2.86. The topological polar surface area (TPSA) is 86.6 Å². The Morgan fingerprint density at radius 2 is 2.17 bits per heavy atom.